The van der Waals surface area contributed by atoms with Gasteiger partial charge in [0, 0.05) is 19.8 Å². The molecule has 0 rings (SSSR count). The Morgan fingerprint density at radius 2 is 1.17 bits per heavy atom. The summed E-state index contributed by atoms with van der Waals surface area (Å²) in [5.74, 6) is 0. The van der Waals surface area contributed by atoms with E-state index in [2.05, 4.69) is 0 Å². The van der Waals surface area contributed by atoms with Gasteiger partial charge in [-0.2, -0.15) is 0 Å². The van der Waals surface area contributed by atoms with Gasteiger partial charge in [-0.15, -0.1) is 0 Å². The molecule has 0 aliphatic heterocycles. The first-order chi connectivity index (χ1) is 5.18. The molecule has 68 valence electrons. The van der Waals surface area contributed by atoms with Crippen LogP contribution in [0.1, 0.15) is 20.8 Å². The Morgan fingerprint density at radius 3 is 1.33 bits per heavy atom. The van der Waals surface area contributed by atoms with E-state index in [-0.39, 0.29) is 29.6 Å². The molecule has 0 aromatic carbocycles. The van der Waals surface area contributed by atoms with E-state index in [1.165, 1.54) is 0 Å². The van der Waals surface area contributed by atoms with Crippen LogP contribution in [0.25, 0.3) is 0 Å². The van der Waals surface area contributed by atoms with Crippen LogP contribution in [0.5, 0.6) is 0 Å². The van der Waals surface area contributed by atoms with E-state index in [1.807, 2.05) is 0 Å². The van der Waals surface area contributed by atoms with Gasteiger partial charge in [-0.1, -0.05) is 0 Å². The second-order valence-corrected chi connectivity index (χ2v) is 3.67. The zero-order valence-corrected chi connectivity index (χ0v) is 11.3. The fraction of sp³-hybridized carbons (Fsp3) is 1.00. The van der Waals surface area contributed by atoms with Gasteiger partial charge in [-0.3, -0.25) is 0 Å². The van der Waals surface area contributed by atoms with Gasteiger partial charge in [0.1, 0.15) is 0 Å². The molecule has 6 heteroatoms. The minimum Gasteiger partial charge on any atom is -0.793 e. The first-order valence-electron chi connectivity index (χ1n) is 3.80. The van der Waals surface area contributed by atoms with Crippen molar-refractivity contribution in [1.82, 2.24) is 0 Å². The molecule has 0 aliphatic carbocycles. The van der Waals surface area contributed by atoms with Crippen LogP contribution in [0.3, 0.4) is 0 Å². The average Bonchev–Trinajstić information content (AvgIpc) is 1.88. The van der Waals surface area contributed by atoms with Gasteiger partial charge in [-0.25, -0.2) is 0 Å². The maximum Gasteiger partial charge on any atom is 1.00 e. The Balaban J connectivity index is 0. The molecule has 0 heterocycles. The van der Waals surface area contributed by atoms with Crippen LogP contribution in [0.4, 0.5) is 0 Å². The summed E-state index contributed by atoms with van der Waals surface area (Å²) < 4.78 is 14.5. The first-order valence-corrected chi connectivity index (χ1v) is 5.44. The molecule has 0 aliphatic rings. The van der Waals surface area contributed by atoms with Crippen LogP contribution >= 0.6 is 0 Å². The first kappa shape index (κ1) is 15.5. The minimum absolute atomic E-state index is 0. The van der Waals surface area contributed by atoms with Crippen molar-refractivity contribution in [2.24, 2.45) is 0 Å². The molecule has 0 radical (unpaired) electrons. The minimum atomic E-state index is -3.50. The summed E-state index contributed by atoms with van der Waals surface area (Å²) in [6.07, 6.45) is 0. The molecule has 0 N–H and O–H groups in total. The van der Waals surface area contributed by atoms with Gasteiger partial charge >= 0.3 is 38.6 Å². The number of hydrogen-bond donors (Lipinski definition) is 0. The van der Waals surface area contributed by atoms with Crippen molar-refractivity contribution in [3.63, 3.8) is 0 Å². The summed E-state index contributed by atoms with van der Waals surface area (Å²) in [7, 11) is -3.50. The molecule has 0 atom stereocenters. The van der Waals surface area contributed by atoms with Crippen molar-refractivity contribution >= 4 is 9.05 Å². The summed E-state index contributed by atoms with van der Waals surface area (Å²) in [5.41, 5.74) is 0. The molecule has 0 unspecified atom stereocenters. The van der Waals surface area contributed by atoms with Gasteiger partial charge in [-0.05, 0) is 20.8 Å². The summed E-state index contributed by atoms with van der Waals surface area (Å²) in [4.78, 5) is 11.4. The predicted molar refractivity (Wildman–Crippen MR) is 40.6 cm³/mol. The molecular weight excluding hydrogens is 187 g/mol. The average molecular weight is 202 g/mol. The van der Waals surface area contributed by atoms with E-state index >= 15 is 0 Å². The molecule has 0 bridgehead atoms. The van der Waals surface area contributed by atoms with E-state index in [4.69, 9.17) is 13.3 Å². The van der Waals surface area contributed by atoms with Crippen molar-refractivity contribution in [3.8, 4) is 0 Å². The number of rotatable bonds is 6. The Hall–Kier alpha value is 1.06. The van der Waals surface area contributed by atoms with Gasteiger partial charge in [0.25, 0.3) is 0 Å². The van der Waals surface area contributed by atoms with Crippen molar-refractivity contribution in [1.29, 1.82) is 0 Å². The Bertz CT molecular complexity index is 86.5. The van der Waals surface area contributed by atoms with E-state index in [1.54, 1.807) is 20.8 Å². The molecule has 12 heavy (non-hydrogen) atoms. The van der Waals surface area contributed by atoms with E-state index < -0.39 is 9.05 Å². The fourth-order valence-corrected chi connectivity index (χ4v) is 1.97. The van der Waals surface area contributed by atoms with E-state index in [0.717, 1.165) is 0 Å². The zero-order valence-electron chi connectivity index (χ0n) is 8.25. The monoisotopic (exact) mass is 202 g/mol. The van der Waals surface area contributed by atoms with Gasteiger partial charge in [0.05, 0.1) is 0 Å². The summed E-state index contributed by atoms with van der Waals surface area (Å²) in [5, 5.41) is 0. The van der Waals surface area contributed by atoms with E-state index in [9.17, 15) is 4.80 Å². The summed E-state index contributed by atoms with van der Waals surface area (Å²) in [6.45, 7) is 6.27. The third-order valence-corrected chi connectivity index (χ3v) is 2.89. The third-order valence-electron chi connectivity index (χ3n) is 0.963. The molecule has 0 aromatic heterocycles. The molecule has 4 nitrogen and oxygen atoms in total. The maximum absolute atomic E-state index is 11.4. The van der Waals surface area contributed by atoms with Crippen molar-refractivity contribution in [2.45, 2.75) is 20.8 Å². The van der Waals surface area contributed by atoms with Crippen LogP contribution in [0, 0.1) is 0 Å². The SMILES string of the molecule is CCO[Si]([O-])(OCC)OCC.[Na+]. The van der Waals surface area contributed by atoms with Crippen molar-refractivity contribution in [2.75, 3.05) is 19.8 Å². The molecule has 0 spiro atoms. The second-order valence-electron chi connectivity index (χ2n) is 1.80. The molecule has 0 fully saturated rings. The van der Waals surface area contributed by atoms with Crippen molar-refractivity contribution < 1.29 is 47.6 Å². The third kappa shape index (κ3) is 6.56. The topological polar surface area (TPSA) is 50.8 Å². The van der Waals surface area contributed by atoms with Crippen molar-refractivity contribution in [3.05, 3.63) is 0 Å². The quantitative estimate of drug-likeness (QED) is 0.428. The Morgan fingerprint density at radius 1 is 0.917 bits per heavy atom. The molecule has 0 saturated heterocycles. The maximum atomic E-state index is 11.4. The van der Waals surface area contributed by atoms with Gasteiger partial charge < -0.3 is 18.1 Å². The van der Waals surface area contributed by atoms with Gasteiger partial charge in [0.2, 0.25) is 0 Å². The Kier molecular flexibility index (Phi) is 11.2. The largest absolute Gasteiger partial charge is 1.00 e. The molecule has 0 saturated carbocycles. The Labute approximate surface area is 97.0 Å². The molecule has 0 aromatic rings. The number of hydrogen-bond acceptors (Lipinski definition) is 4. The van der Waals surface area contributed by atoms with Crippen LogP contribution in [-0.2, 0) is 13.3 Å². The van der Waals surface area contributed by atoms with Crippen LogP contribution in [0.2, 0.25) is 0 Å². The second kappa shape index (κ2) is 8.65. The predicted octanol–water partition coefficient (Wildman–Crippen LogP) is -3.10. The molecular formula is C6H15NaO4Si. The zero-order chi connectivity index (χ0) is 8.74. The smallest absolute Gasteiger partial charge is 0.793 e. The van der Waals surface area contributed by atoms with E-state index in [0.29, 0.717) is 19.8 Å². The van der Waals surface area contributed by atoms with Gasteiger partial charge in [0.15, 0.2) is 0 Å². The summed E-state index contributed by atoms with van der Waals surface area (Å²) >= 11 is 0. The normalized spacial score (nSPS) is 11.0. The fourth-order valence-electron chi connectivity index (χ4n) is 0.655. The molecule has 0 amide bonds. The van der Waals surface area contributed by atoms with Crippen LogP contribution in [0.15, 0.2) is 0 Å². The van der Waals surface area contributed by atoms with Crippen LogP contribution in [-0.4, -0.2) is 28.9 Å². The standard InChI is InChI=1S/C6H15O4Si.Na/c1-4-8-11(7,9-5-2)10-6-3;/h4-6H2,1-3H3;/q-1;+1. The summed E-state index contributed by atoms with van der Waals surface area (Å²) in [6, 6.07) is 0. The van der Waals surface area contributed by atoms with Crippen LogP contribution < -0.4 is 34.4 Å².